The summed E-state index contributed by atoms with van der Waals surface area (Å²) in [5.41, 5.74) is 3.59. The standard InChI is InChI=1S/C21H24N4O/c1-2-7-17(8-3-1)13-24-15-23(14-18-9-6-12-26-18)16-25-20-11-5-4-10-19(20)22-21(24)25/h1-5,7-8,10-11,18H,6,9,12-16H2/t18-/m1/s1. The molecular formula is C21H24N4O. The van der Waals surface area contributed by atoms with Gasteiger partial charge in [-0.05, 0) is 30.5 Å². The van der Waals surface area contributed by atoms with E-state index in [2.05, 4.69) is 69.0 Å². The monoisotopic (exact) mass is 348 g/mol. The molecular weight excluding hydrogens is 324 g/mol. The molecule has 0 amide bonds. The van der Waals surface area contributed by atoms with Gasteiger partial charge < -0.3 is 9.64 Å². The summed E-state index contributed by atoms with van der Waals surface area (Å²) in [5.74, 6) is 1.07. The molecule has 0 unspecified atom stereocenters. The Bertz CT molecular complexity index is 885. The summed E-state index contributed by atoms with van der Waals surface area (Å²) in [5, 5.41) is 0. The van der Waals surface area contributed by atoms with Gasteiger partial charge in [0, 0.05) is 19.7 Å². The van der Waals surface area contributed by atoms with Crippen LogP contribution in [0.3, 0.4) is 0 Å². The summed E-state index contributed by atoms with van der Waals surface area (Å²) < 4.78 is 8.23. The molecule has 0 radical (unpaired) electrons. The van der Waals surface area contributed by atoms with E-state index in [4.69, 9.17) is 9.72 Å². The van der Waals surface area contributed by atoms with E-state index in [9.17, 15) is 0 Å². The maximum atomic E-state index is 5.88. The number of imidazole rings is 1. The van der Waals surface area contributed by atoms with Crippen LogP contribution in [0, 0.1) is 0 Å². The predicted molar refractivity (Wildman–Crippen MR) is 103 cm³/mol. The first kappa shape index (κ1) is 15.9. The number of hydrogen-bond donors (Lipinski definition) is 0. The SMILES string of the molecule is c1ccc(CN2CN(C[C@H]3CCCO3)Cn3c2nc2ccccc23)cc1. The van der Waals surface area contributed by atoms with Crippen molar-refractivity contribution >= 4 is 17.0 Å². The van der Waals surface area contributed by atoms with Crippen molar-refractivity contribution in [3.05, 3.63) is 60.2 Å². The molecule has 1 fully saturated rings. The minimum Gasteiger partial charge on any atom is -0.377 e. The normalized spacial score (nSPS) is 20.6. The molecule has 0 saturated carbocycles. The second kappa shape index (κ2) is 6.74. The largest absolute Gasteiger partial charge is 0.377 e. The fraction of sp³-hybridized carbons (Fsp3) is 0.381. The first-order valence-corrected chi connectivity index (χ1v) is 9.45. The van der Waals surface area contributed by atoms with Gasteiger partial charge in [0.05, 0.1) is 30.5 Å². The molecule has 0 bridgehead atoms. The zero-order valence-corrected chi connectivity index (χ0v) is 14.9. The number of nitrogens with zero attached hydrogens (tertiary/aromatic N) is 4. The second-order valence-corrected chi connectivity index (χ2v) is 7.28. The van der Waals surface area contributed by atoms with E-state index in [0.29, 0.717) is 6.10 Å². The van der Waals surface area contributed by atoms with Crippen LogP contribution in [-0.2, 0) is 18.0 Å². The minimum atomic E-state index is 0.366. The van der Waals surface area contributed by atoms with E-state index < -0.39 is 0 Å². The molecule has 2 aliphatic heterocycles. The van der Waals surface area contributed by atoms with Crippen molar-refractivity contribution in [2.45, 2.75) is 32.2 Å². The molecule has 2 aromatic carbocycles. The number of ether oxygens (including phenoxy) is 1. The van der Waals surface area contributed by atoms with Gasteiger partial charge in [-0.3, -0.25) is 9.47 Å². The average Bonchev–Trinajstić information content (AvgIpc) is 3.31. The summed E-state index contributed by atoms with van der Waals surface area (Å²) >= 11 is 0. The van der Waals surface area contributed by atoms with Gasteiger partial charge in [-0.25, -0.2) is 4.98 Å². The third-order valence-electron chi connectivity index (χ3n) is 5.33. The molecule has 5 heteroatoms. The maximum Gasteiger partial charge on any atom is 0.209 e. The Balaban J connectivity index is 1.48. The molecule has 5 rings (SSSR count). The van der Waals surface area contributed by atoms with Crippen LogP contribution >= 0.6 is 0 Å². The van der Waals surface area contributed by atoms with Gasteiger partial charge in [0.15, 0.2) is 0 Å². The maximum absolute atomic E-state index is 5.88. The zero-order chi connectivity index (χ0) is 17.3. The van der Waals surface area contributed by atoms with Crippen LogP contribution in [0.5, 0.6) is 0 Å². The van der Waals surface area contributed by atoms with Crippen LogP contribution in [0.15, 0.2) is 54.6 Å². The van der Waals surface area contributed by atoms with Crippen molar-refractivity contribution < 1.29 is 4.74 Å². The lowest BCUT2D eigenvalue weighted by Crippen LogP contribution is -2.47. The van der Waals surface area contributed by atoms with Gasteiger partial charge in [0.25, 0.3) is 0 Å². The third kappa shape index (κ3) is 2.97. The van der Waals surface area contributed by atoms with E-state index in [0.717, 1.165) is 44.5 Å². The molecule has 0 spiro atoms. The van der Waals surface area contributed by atoms with Crippen LogP contribution in [0.4, 0.5) is 5.95 Å². The van der Waals surface area contributed by atoms with Crippen LogP contribution < -0.4 is 4.90 Å². The van der Waals surface area contributed by atoms with Crippen molar-refractivity contribution in [2.24, 2.45) is 0 Å². The third-order valence-corrected chi connectivity index (χ3v) is 5.33. The van der Waals surface area contributed by atoms with Gasteiger partial charge in [0.1, 0.15) is 0 Å². The summed E-state index contributed by atoms with van der Waals surface area (Å²) in [7, 11) is 0. The summed E-state index contributed by atoms with van der Waals surface area (Å²) in [6, 6.07) is 19.1. The molecule has 3 aromatic rings. The fourth-order valence-electron chi connectivity index (χ4n) is 4.11. The van der Waals surface area contributed by atoms with Gasteiger partial charge in [-0.2, -0.15) is 0 Å². The number of aromatic nitrogens is 2. The first-order valence-electron chi connectivity index (χ1n) is 9.45. The van der Waals surface area contributed by atoms with Gasteiger partial charge in [-0.15, -0.1) is 0 Å². The first-order chi connectivity index (χ1) is 12.9. The van der Waals surface area contributed by atoms with Crippen molar-refractivity contribution in [2.75, 3.05) is 24.7 Å². The summed E-state index contributed by atoms with van der Waals surface area (Å²) in [4.78, 5) is 9.80. The second-order valence-electron chi connectivity index (χ2n) is 7.28. The van der Waals surface area contributed by atoms with E-state index in [1.807, 2.05) is 0 Å². The highest BCUT2D eigenvalue weighted by molar-refractivity contribution is 5.79. The molecule has 3 heterocycles. The lowest BCUT2D eigenvalue weighted by molar-refractivity contribution is 0.0583. The Morgan fingerprint density at radius 3 is 2.69 bits per heavy atom. The predicted octanol–water partition coefficient (Wildman–Crippen LogP) is 3.45. The van der Waals surface area contributed by atoms with Crippen molar-refractivity contribution in [3.63, 3.8) is 0 Å². The lowest BCUT2D eigenvalue weighted by atomic mass is 10.2. The molecule has 0 aliphatic carbocycles. The van der Waals surface area contributed by atoms with E-state index >= 15 is 0 Å². The van der Waals surface area contributed by atoms with Crippen LogP contribution in [0.2, 0.25) is 0 Å². The molecule has 1 aromatic heterocycles. The van der Waals surface area contributed by atoms with Crippen LogP contribution in [-0.4, -0.2) is 40.4 Å². The van der Waals surface area contributed by atoms with Gasteiger partial charge in [-0.1, -0.05) is 42.5 Å². The van der Waals surface area contributed by atoms with E-state index in [-0.39, 0.29) is 0 Å². The van der Waals surface area contributed by atoms with Crippen molar-refractivity contribution in [3.8, 4) is 0 Å². The molecule has 1 saturated heterocycles. The highest BCUT2D eigenvalue weighted by Gasteiger charge is 2.28. The Morgan fingerprint density at radius 1 is 1.00 bits per heavy atom. The average molecular weight is 348 g/mol. The van der Waals surface area contributed by atoms with Crippen molar-refractivity contribution in [1.29, 1.82) is 0 Å². The van der Waals surface area contributed by atoms with Crippen LogP contribution in [0.1, 0.15) is 18.4 Å². The number of benzene rings is 2. The highest BCUT2D eigenvalue weighted by atomic mass is 16.5. The molecule has 134 valence electrons. The smallest absolute Gasteiger partial charge is 0.209 e. The minimum absolute atomic E-state index is 0.366. The molecule has 5 nitrogen and oxygen atoms in total. The Hall–Kier alpha value is -2.37. The topological polar surface area (TPSA) is 33.5 Å². The van der Waals surface area contributed by atoms with Crippen LogP contribution in [0.25, 0.3) is 11.0 Å². The summed E-state index contributed by atoms with van der Waals surface area (Å²) in [6.45, 7) is 4.52. The number of para-hydroxylation sites is 2. The number of fused-ring (bicyclic) bond motifs is 3. The Kier molecular flexibility index (Phi) is 4.11. The Morgan fingerprint density at radius 2 is 1.85 bits per heavy atom. The fourth-order valence-corrected chi connectivity index (χ4v) is 4.11. The zero-order valence-electron chi connectivity index (χ0n) is 14.9. The van der Waals surface area contributed by atoms with E-state index in [1.165, 1.54) is 23.9 Å². The molecule has 26 heavy (non-hydrogen) atoms. The lowest BCUT2D eigenvalue weighted by Gasteiger charge is -2.38. The van der Waals surface area contributed by atoms with Gasteiger partial charge in [0.2, 0.25) is 5.95 Å². The summed E-state index contributed by atoms with van der Waals surface area (Å²) in [6.07, 6.45) is 2.72. The van der Waals surface area contributed by atoms with Gasteiger partial charge >= 0.3 is 0 Å². The Labute approximate surface area is 153 Å². The number of rotatable bonds is 4. The molecule has 2 aliphatic rings. The molecule has 1 atom stereocenters. The number of anilines is 1. The quantitative estimate of drug-likeness (QED) is 0.723. The highest BCUT2D eigenvalue weighted by Crippen LogP contribution is 2.28. The van der Waals surface area contributed by atoms with Crippen molar-refractivity contribution in [1.82, 2.24) is 14.5 Å². The van der Waals surface area contributed by atoms with E-state index in [1.54, 1.807) is 0 Å². The molecule has 0 N–H and O–H groups in total. The number of hydrogen-bond acceptors (Lipinski definition) is 4.